The summed E-state index contributed by atoms with van der Waals surface area (Å²) in [6.45, 7) is 12.3. The summed E-state index contributed by atoms with van der Waals surface area (Å²) in [7, 11) is 0. The van der Waals surface area contributed by atoms with Crippen molar-refractivity contribution in [2.45, 2.75) is 79.1 Å². The van der Waals surface area contributed by atoms with Crippen molar-refractivity contribution >= 4 is 0 Å². The minimum atomic E-state index is 0.208. The zero-order chi connectivity index (χ0) is 15.4. The van der Waals surface area contributed by atoms with Gasteiger partial charge in [-0.2, -0.15) is 0 Å². The van der Waals surface area contributed by atoms with E-state index < -0.39 is 0 Å². The van der Waals surface area contributed by atoms with Crippen molar-refractivity contribution in [3.05, 3.63) is 35.6 Å². The number of hydrogen-bond acceptors (Lipinski definition) is 1. The van der Waals surface area contributed by atoms with Gasteiger partial charge in [-0.1, -0.05) is 56.6 Å². The maximum atomic E-state index is 9.25. The molecule has 0 aromatic rings. The molecule has 0 aromatic carbocycles. The maximum Gasteiger partial charge on any atom is 0.0879 e. The lowest BCUT2D eigenvalue weighted by Crippen LogP contribution is -1.96. The molecule has 20 heavy (non-hydrogen) atoms. The fraction of sp³-hybridized carbons (Fsp3) is 0.684. The molecule has 0 aliphatic carbocycles. The molecule has 0 aliphatic heterocycles. The zero-order valence-corrected chi connectivity index (χ0v) is 14.0. The van der Waals surface area contributed by atoms with Gasteiger partial charge in [0.2, 0.25) is 0 Å². The van der Waals surface area contributed by atoms with Gasteiger partial charge in [-0.05, 0) is 52.4 Å². The number of aliphatic hydroxyl groups excluding tert-OH is 1. The van der Waals surface area contributed by atoms with Crippen LogP contribution in [0, 0.1) is 5.92 Å². The molecule has 1 unspecified atom stereocenters. The lowest BCUT2D eigenvalue weighted by Gasteiger charge is -2.07. The molecule has 1 atom stereocenters. The molecule has 0 fully saturated rings. The van der Waals surface area contributed by atoms with Gasteiger partial charge >= 0.3 is 0 Å². The molecule has 0 saturated carbocycles. The van der Waals surface area contributed by atoms with Gasteiger partial charge in [0.1, 0.15) is 0 Å². The Kier molecular flexibility index (Phi) is 11.2. The van der Waals surface area contributed by atoms with Gasteiger partial charge in [-0.25, -0.2) is 0 Å². The average Bonchev–Trinajstić information content (AvgIpc) is 2.38. The van der Waals surface area contributed by atoms with Gasteiger partial charge in [-0.15, -0.1) is 0 Å². The maximum absolute atomic E-state index is 9.25. The van der Waals surface area contributed by atoms with E-state index >= 15 is 0 Å². The van der Waals surface area contributed by atoms with Crippen LogP contribution in [0.1, 0.15) is 79.1 Å². The van der Waals surface area contributed by atoms with Gasteiger partial charge in [0.25, 0.3) is 0 Å². The summed E-state index contributed by atoms with van der Waals surface area (Å²) in [5.74, 6) is 0.515. The molecule has 0 aromatic heterocycles. The second-order valence-electron chi connectivity index (χ2n) is 6.07. The monoisotopic (exact) mass is 278 g/mol. The van der Waals surface area contributed by atoms with Crippen LogP contribution in [-0.2, 0) is 0 Å². The molecule has 1 N–H and O–H groups in total. The van der Waals surface area contributed by atoms with Crippen LogP contribution in [0.5, 0.6) is 0 Å². The molecular formula is C19H34O. The van der Waals surface area contributed by atoms with E-state index in [-0.39, 0.29) is 5.92 Å². The van der Waals surface area contributed by atoms with Crippen molar-refractivity contribution < 1.29 is 5.11 Å². The Labute approximate surface area is 126 Å². The summed E-state index contributed by atoms with van der Waals surface area (Å²) in [5.41, 5.74) is 3.00. The highest BCUT2D eigenvalue weighted by Gasteiger charge is 2.02. The first-order valence-corrected chi connectivity index (χ1v) is 8.16. The van der Waals surface area contributed by atoms with Crippen molar-refractivity contribution in [3.8, 4) is 0 Å². The normalized spacial score (nSPS) is 14.4. The van der Waals surface area contributed by atoms with Crippen molar-refractivity contribution in [2.24, 2.45) is 5.92 Å². The van der Waals surface area contributed by atoms with E-state index in [9.17, 15) is 5.11 Å². The second-order valence-corrected chi connectivity index (χ2v) is 6.07. The van der Waals surface area contributed by atoms with E-state index in [4.69, 9.17) is 0 Å². The average molecular weight is 278 g/mol. The predicted molar refractivity (Wildman–Crippen MR) is 91.1 cm³/mol. The van der Waals surface area contributed by atoms with Gasteiger partial charge in [0.15, 0.2) is 0 Å². The molecule has 0 bridgehead atoms. The molecule has 1 heteroatoms. The van der Waals surface area contributed by atoms with Crippen LogP contribution in [0.3, 0.4) is 0 Å². The predicted octanol–water partition coefficient (Wildman–Crippen LogP) is 6.73. The van der Waals surface area contributed by atoms with Crippen LogP contribution in [0.25, 0.3) is 0 Å². The summed E-state index contributed by atoms with van der Waals surface area (Å²) < 4.78 is 0. The number of aliphatic hydroxyl groups is 1. The molecule has 0 rings (SSSR count). The number of hydrogen-bond donors (Lipinski definition) is 1. The van der Waals surface area contributed by atoms with Crippen molar-refractivity contribution in [1.82, 2.24) is 0 Å². The van der Waals surface area contributed by atoms with Crippen LogP contribution < -0.4 is 0 Å². The smallest absolute Gasteiger partial charge is 0.0879 e. The lowest BCUT2D eigenvalue weighted by molar-refractivity contribution is 0.335. The third-order valence-corrected chi connectivity index (χ3v) is 3.87. The topological polar surface area (TPSA) is 20.2 Å². The first-order valence-electron chi connectivity index (χ1n) is 8.16. The highest BCUT2D eigenvalue weighted by molar-refractivity contribution is 5.04. The Morgan fingerprint density at radius 2 is 1.65 bits per heavy atom. The fourth-order valence-corrected chi connectivity index (χ4v) is 2.15. The molecule has 116 valence electrons. The summed E-state index contributed by atoms with van der Waals surface area (Å²) in [4.78, 5) is 0. The van der Waals surface area contributed by atoms with E-state index in [0.29, 0.717) is 5.76 Å². The first-order chi connectivity index (χ1) is 9.47. The van der Waals surface area contributed by atoms with Crippen molar-refractivity contribution in [1.29, 1.82) is 0 Å². The zero-order valence-electron chi connectivity index (χ0n) is 14.0. The molecule has 0 aliphatic rings. The largest absolute Gasteiger partial charge is 0.513 e. The van der Waals surface area contributed by atoms with E-state index in [1.807, 2.05) is 6.92 Å². The molecule has 0 saturated heterocycles. The lowest BCUT2D eigenvalue weighted by atomic mass is 10.0. The summed E-state index contributed by atoms with van der Waals surface area (Å²) in [6.07, 6.45) is 14.3. The van der Waals surface area contributed by atoms with Gasteiger partial charge < -0.3 is 5.11 Å². The minimum absolute atomic E-state index is 0.208. The van der Waals surface area contributed by atoms with E-state index in [2.05, 4.69) is 39.5 Å². The Hall–Kier alpha value is -0.980. The van der Waals surface area contributed by atoms with E-state index in [0.717, 1.165) is 25.7 Å². The fourth-order valence-electron chi connectivity index (χ4n) is 2.15. The molecule has 0 radical (unpaired) electrons. The Morgan fingerprint density at radius 3 is 2.25 bits per heavy atom. The van der Waals surface area contributed by atoms with Gasteiger partial charge in [0, 0.05) is 5.92 Å². The van der Waals surface area contributed by atoms with Crippen LogP contribution >= 0.6 is 0 Å². The van der Waals surface area contributed by atoms with E-state index in [1.165, 1.54) is 36.8 Å². The highest BCUT2D eigenvalue weighted by atomic mass is 16.3. The third-order valence-electron chi connectivity index (χ3n) is 3.87. The Morgan fingerprint density at radius 1 is 1.05 bits per heavy atom. The first kappa shape index (κ1) is 19.0. The summed E-state index contributed by atoms with van der Waals surface area (Å²) in [5, 5.41) is 9.25. The quantitative estimate of drug-likeness (QED) is 0.252. The minimum Gasteiger partial charge on any atom is -0.513 e. The van der Waals surface area contributed by atoms with Gasteiger partial charge in [-0.3, -0.25) is 0 Å². The standard InChI is InChI=1S/C19H34O/c1-6-7-8-11-16(2)12-9-13-17(3)14-10-15-18(4)19(5)20/h12,14,18,20H,5-11,13,15H2,1-4H3/b16-12+,17-14+. The Bertz CT molecular complexity index is 323. The van der Waals surface area contributed by atoms with E-state index in [1.54, 1.807) is 0 Å². The van der Waals surface area contributed by atoms with Crippen LogP contribution in [0.2, 0.25) is 0 Å². The SMILES string of the molecule is C=C(O)C(C)CC/C=C(\C)CC/C=C(\C)CCCCC. The number of unbranched alkanes of at least 4 members (excludes halogenated alkanes) is 2. The number of allylic oxidation sites excluding steroid dienone is 5. The van der Waals surface area contributed by atoms with Gasteiger partial charge in [0.05, 0.1) is 5.76 Å². The highest BCUT2D eigenvalue weighted by Crippen LogP contribution is 2.16. The second kappa shape index (κ2) is 11.8. The van der Waals surface area contributed by atoms with Crippen LogP contribution in [-0.4, -0.2) is 5.11 Å². The molecule has 0 heterocycles. The van der Waals surface area contributed by atoms with Crippen molar-refractivity contribution in [2.75, 3.05) is 0 Å². The van der Waals surface area contributed by atoms with Crippen molar-refractivity contribution in [3.63, 3.8) is 0 Å². The Balaban J connectivity index is 3.83. The molecule has 0 amide bonds. The third kappa shape index (κ3) is 10.9. The summed E-state index contributed by atoms with van der Waals surface area (Å²) >= 11 is 0. The molecule has 0 spiro atoms. The summed E-state index contributed by atoms with van der Waals surface area (Å²) in [6, 6.07) is 0. The molecule has 1 nitrogen and oxygen atoms in total. The number of rotatable bonds is 11. The van der Waals surface area contributed by atoms with Crippen LogP contribution in [0.4, 0.5) is 0 Å². The molecular weight excluding hydrogens is 244 g/mol. The van der Waals surface area contributed by atoms with Crippen LogP contribution in [0.15, 0.2) is 35.6 Å².